The summed E-state index contributed by atoms with van der Waals surface area (Å²) in [6.45, 7) is 1.98. The average Bonchev–Trinajstić information content (AvgIpc) is 3.58. The number of halogens is 2. The van der Waals surface area contributed by atoms with E-state index in [0.717, 1.165) is 40.3 Å². The molecule has 6 heteroatoms. The second-order valence-electron chi connectivity index (χ2n) is 9.18. The van der Waals surface area contributed by atoms with E-state index in [9.17, 15) is 18.4 Å². The van der Waals surface area contributed by atoms with E-state index in [1.54, 1.807) is 12.3 Å². The van der Waals surface area contributed by atoms with Crippen molar-refractivity contribution >= 4 is 28.3 Å². The maximum Gasteiger partial charge on any atom is 0.248 e. The number of nitrogens with zero attached hydrogens (tertiary/aromatic N) is 1. The summed E-state index contributed by atoms with van der Waals surface area (Å²) in [5.74, 6) is -2.24. The Balaban J connectivity index is 1.37. The molecule has 3 aromatic rings. The highest BCUT2D eigenvalue weighted by atomic mass is 19.3. The number of nitrogens with one attached hydrogen (secondary N) is 1. The summed E-state index contributed by atoms with van der Waals surface area (Å²) in [6, 6.07) is 13.4. The highest BCUT2D eigenvalue weighted by Crippen LogP contribution is 2.44. The average molecular weight is 434 g/mol. The number of ketones is 1. The lowest BCUT2D eigenvalue weighted by molar-refractivity contribution is -0.117. The number of carbonyl (C=O) groups is 2. The Labute approximate surface area is 185 Å². The van der Waals surface area contributed by atoms with Crippen LogP contribution in [-0.2, 0) is 4.79 Å². The van der Waals surface area contributed by atoms with Crippen molar-refractivity contribution < 1.29 is 18.4 Å². The molecule has 32 heavy (non-hydrogen) atoms. The maximum absolute atomic E-state index is 13.1. The predicted molar refractivity (Wildman–Crippen MR) is 120 cm³/mol. The van der Waals surface area contributed by atoms with Crippen molar-refractivity contribution in [3.8, 4) is 11.1 Å². The zero-order chi connectivity index (χ0) is 22.5. The summed E-state index contributed by atoms with van der Waals surface area (Å²) < 4.78 is 26.2. The van der Waals surface area contributed by atoms with Crippen LogP contribution in [0.5, 0.6) is 0 Å². The lowest BCUT2D eigenvalue weighted by Gasteiger charge is -2.34. The minimum Gasteiger partial charge on any atom is -0.310 e. The smallest absolute Gasteiger partial charge is 0.248 e. The number of rotatable bonds is 6. The summed E-state index contributed by atoms with van der Waals surface area (Å²) >= 11 is 0. The molecular weight excluding hydrogens is 410 g/mol. The number of anilines is 1. The van der Waals surface area contributed by atoms with Crippen LogP contribution in [-0.4, -0.2) is 22.6 Å². The highest BCUT2D eigenvalue weighted by Gasteiger charge is 2.45. The lowest BCUT2D eigenvalue weighted by Crippen LogP contribution is -2.36. The van der Waals surface area contributed by atoms with Crippen molar-refractivity contribution in [2.45, 2.75) is 45.0 Å². The number of aryl methyl sites for hydroxylation is 1. The SMILES string of the molecule is Cc1ccc(C(=O)CC2CC(F)(F)C2)cc1-c1ccc2cc(NC(=O)C3CC3)ncc2c1. The molecule has 2 aromatic carbocycles. The molecule has 1 heterocycles. The predicted octanol–water partition coefficient (Wildman–Crippen LogP) is 6.18. The summed E-state index contributed by atoms with van der Waals surface area (Å²) in [4.78, 5) is 29.0. The van der Waals surface area contributed by atoms with Crippen LogP contribution in [0.25, 0.3) is 21.9 Å². The van der Waals surface area contributed by atoms with Crippen molar-refractivity contribution in [1.29, 1.82) is 0 Å². The van der Waals surface area contributed by atoms with Gasteiger partial charge in [-0.3, -0.25) is 9.59 Å². The first-order valence-electron chi connectivity index (χ1n) is 11.0. The molecule has 2 aliphatic rings. The fourth-order valence-electron chi connectivity index (χ4n) is 4.37. The van der Waals surface area contributed by atoms with Crippen LogP contribution in [0.2, 0.25) is 0 Å². The molecule has 2 saturated carbocycles. The zero-order valence-electron chi connectivity index (χ0n) is 17.8. The molecule has 1 aromatic heterocycles. The highest BCUT2D eigenvalue weighted by molar-refractivity contribution is 5.99. The number of hydrogen-bond acceptors (Lipinski definition) is 3. The second kappa shape index (κ2) is 7.76. The molecule has 164 valence electrons. The topological polar surface area (TPSA) is 59.1 Å². The standard InChI is InChI=1S/C26H24F2N2O2/c1-15-2-3-20(23(31)8-16-12-26(27,28)13-16)10-22(15)19-7-6-18-11-24(29-14-21(18)9-19)30-25(32)17-4-5-17/h2-3,6-7,9-11,14,16-17H,4-5,8,12-13H2,1H3,(H,29,30,32). The monoisotopic (exact) mass is 434 g/mol. The van der Waals surface area contributed by atoms with Crippen molar-refractivity contribution in [3.05, 3.63) is 59.8 Å². The molecule has 0 radical (unpaired) electrons. The first-order valence-corrected chi connectivity index (χ1v) is 11.0. The maximum atomic E-state index is 13.1. The Kier molecular flexibility index (Phi) is 5.03. The van der Waals surface area contributed by atoms with Crippen molar-refractivity contribution in [1.82, 2.24) is 4.98 Å². The third kappa shape index (κ3) is 4.27. The molecule has 1 N–H and O–H groups in total. The fraction of sp³-hybridized carbons (Fsp3) is 0.346. The van der Waals surface area contributed by atoms with E-state index in [1.165, 1.54) is 0 Å². The van der Waals surface area contributed by atoms with Gasteiger partial charge in [0.1, 0.15) is 5.82 Å². The number of aromatic nitrogens is 1. The number of hydrogen-bond donors (Lipinski definition) is 1. The van der Waals surface area contributed by atoms with Crippen LogP contribution < -0.4 is 5.32 Å². The summed E-state index contributed by atoms with van der Waals surface area (Å²) in [7, 11) is 0. The number of fused-ring (bicyclic) bond motifs is 1. The van der Waals surface area contributed by atoms with E-state index in [1.807, 2.05) is 43.3 Å². The quantitative estimate of drug-likeness (QED) is 0.472. The number of benzene rings is 2. The van der Waals surface area contributed by atoms with Gasteiger partial charge in [-0.25, -0.2) is 13.8 Å². The van der Waals surface area contributed by atoms with Gasteiger partial charge in [-0.1, -0.05) is 24.3 Å². The van der Waals surface area contributed by atoms with Crippen LogP contribution in [0.1, 0.15) is 48.0 Å². The van der Waals surface area contributed by atoms with Gasteiger partial charge >= 0.3 is 0 Å². The summed E-state index contributed by atoms with van der Waals surface area (Å²) in [5, 5.41) is 4.76. The van der Waals surface area contributed by atoms with Gasteiger partial charge < -0.3 is 5.32 Å². The first-order chi connectivity index (χ1) is 15.3. The molecule has 4 nitrogen and oxygen atoms in total. The number of amides is 1. The molecule has 2 fully saturated rings. The molecule has 0 bridgehead atoms. The van der Waals surface area contributed by atoms with E-state index in [2.05, 4.69) is 10.3 Å². The number of alkyl halides is 2. The summed E-state index contributed by atoms with van der Waals surface area (Å²) in [5.41, 5.74) is 3.47. The molecule has 0 saturated heterocycles. The van der Waals surface area contributed by atoms with Crippen LogP contribution in [0.4, 0.5) is 14.6 Å². The van der Waals surface area contributed by atoms with E-state index in [-0.39, 0.29) is 42.8 Å². The van der Waals surface area contributed by atoms with Crippen molar-refractivity contribution in [2.24, 2.45) is 11.8 Å². The molecule has 5 rings (SSSR count). The van der Waals surface area contributed by atoms with Gasteiger partial charge in [0, 0.05) is 42.3 Å². The molecule has 1 amide bonds. The van der Waals surface area contributed by atoms with Gasteiger partial charge in [0.05, 0.1) is 0 Å². The van der Waals surface area contributed by atoms with Gasteiger partial charge in [0.25, 0.3) is 0 Å². The van der Waals surface area contributed by atoms with Gasteiger partial charge in [0.2, 0.25) is 11.8 Å². The molecular formula is C26H24F2N2O2. The molecule has 0 aliphatic heterocycles. The van der Waals surface area contributed by atoms with Gasteiger partial charge in [-0.2, -0.15) is 0 Å². The lowest BCUT2D eigenvalue weighted by atomic mass is 9.77. The van der Waals surface area contributed by atoms with E-state index < -0.39 is 5.92 Å². The first kappa shape index (κ1) is 20.7. The van der Waals surface area contributed by atoms with Gasteiger partial charge in [0.15, 0.2) is 5.78 Å². The molecule has 0 unspecified atom stereocenters. The molecule has 2 aliphatic carbocycles. The number of carbonyl (C=O) groups excluding carboxylic acids is 2. The normalized spacial score (nSPS) is 17.7. The second-order valence-corrected chi connectivity index (χ2v) is 9.18. The minimum absolute atomic E-state index is 0.0243. The van der Waals surface area contributed by atoms with Crippen molar-refractivity contribution in [2.75, 3.05) is 5.32 Å². The number of Topliss-reactive ketones (excluding diaryl/α,β-unsaturated/α-hetero) is 1. The van der Waals surface area contributed by atoms with Gasteiger partial charge in [-0.15, -0.1) is 0 Å². The van der Waals surface area contributed by atoms with Crippen molar-refractivity contribution in [3.63, 3.8) is 0 Å². The Hall–Kier alpha value is -3.15. The molecule has 0 spiro atoms. The van der Waals surface area contributed by atoms with Crippen LogP contribution in [0.15, 0.2) is 48.7 Å². The third-order valence-electron chi connectivity index (χ3n) is 6.44. The van der Waals surface area contributed by atoms with Crippen LogP contribution >= 0.6 is 0 Å². The van der Waals surface area contributed by atoms with Gasteiger partial charge in [-0.05, 0) is 66.0 Å². The summed E-state index contributed by atoms with van der Waals surface area (Å²) in [6.07, 6.45) is 3.39. The van der Waals surface area contributed by atoms with E-state index in [4.69, 9.17) is 0 Å². The molecule has 0 atom stereocenters. The number of pyridine rings is 1. The Morgan fingerprint density at radius 2 is 1.84 bits per heavy atom. The van der Waals surface area contributed by atoms with Crippen LogP contribution in [0.3, 0.4) is 0 Å². The Morgan fingerprint density at radius 1 is 1.06 bits per heavy atom. The van der Waals surface area contributed by atoms with Crippen LogP contribution in [0, 0.1) is 18.8 Å². The Bertz CT molecular complexity index is 1230. The Morgan fingerprint density at radius 3 is 2.56 bits per heavy atom. The third-order valence-corrected chi connectivity index (χ3v) is 6.44. The van der Waals surface area contributed by atoms with E-state index >= 15 is 0 Å². The largest absolute Gasteiger partial charge is 0.310 e. The van der Waals surface area contributed by atoms with E-state index in [0.29, 0.717) is 11.4 Å². The zero-order valence-corrected chi connectivity index (χ0v) is 17.8. The fourth-order valence-corrected chi connectivity index (χ4v) is 4.37. The minimum atomic E-state index is -2.61.